The topological polar surface area (TPSA) is 175 Å². The highest BCUT2D eigenvalue weighted by molar-refractivity contribution is 7.86. The molecule has 4 rings (SSSR count). The van der Waals surface area contributed by atoms with Crippen LogP contribution in [0.15, 0.2) is 98.9 Å². The van der Waals surface area contributed by atoms with E-state index in [1.807, 2.05) is 6.07 Å². The van der Waals surface area contributed by atoms with Crippen LogP contribution in [-0.4, -0.2) is 32.0 Å². The molecular formula is C24H20N4O7S2. The van der Waals surface area contributed by atoms with Crippen molar-refractivity contribution >= 4 is 59.8 Å². The fourth-order valence-electron chi connectivity index (χ4n) is 3.58. The van der Waals surface area contributed by atoms with Crippen LogP contribution in [0.25, 0.3) is 10.8 Å². The van der Waals surface area contributed by atoms with Crippen LogP contribution in [0, 0.1) is 6.92 Å². The molecule has 4 aromatic rings. The third-order valence-electron chi connectivity index (χ3n) is 5.22. The zero-order valence-corrected chi connectivity index (χ0v) is 20.8. The van der Waals surface area contributed by atoms with Crippen LogP contribution < -0.4 is 10.6 Å². The van der Waals surface area contributed by atoms with Crippen molar-refractivity contribution in [1.82, 2.24) is 0 Å². The van der Waals surface area contributed by atoms with Gasteiger partial charge in [0.25, 0.3) is 20.2 Å². The molecule has 0 aliphatic heterocycles. The number of amides is 2. The van der Waals surface area contributed by atoms with Crippen molar-refractivity contribution < 1.29 is 30.7 Å². The maximum absolute atomic E-state index is 12.2. The van der Waals surface area contributed by atoms with E-state index >= 15 is 0 Å². The highest BCUT2D eigenvalue weighted by Crippen LogP contribution is 2.34. The number of hydrogen-bond acceptors (Lipinski definition) is 7. The molecule has 0 aliphatic rings. The Balaban J connectivity index is 1.64. The van der Waals surface area contributed by atoms with Crippen molar-refractivity contribution in [3.05, 3.63) is 84.4 Å². The van der Waals surface area contributed by atoms with Gasteiger partial charge in [0.2, 0.25) is 0 Å². The summed E-state index contributed by atoms with van der Waals surface area (Å²) < 4.78 is 66.8. The molecule has 0 atom stereocenters. The Bertz CT molecular complexity index is 1760. The van der Waals surface area contributed by atoms with Crippen molar-refractivity contribution in [1.29, 1.82) is 0 Å². The number of para-hydroxylation sites is 1. The third kappa shape index (κ3) is 6.16. The molecule has 0 spiro atoms. The largest absolute Gasteiger partial charge is 0.323 e. The van der Waals surface area contributed by atoms with E-state index in [2.05, 4.69) is 20.9 Å². The summed E-state index contributed by atoms with van der Waals surface area (Å²) in [5.74, 6) is 0. The lowest BCUT2D eigenvalue weighted by Gasteiger charge is -2.10. The molecule has 13 heteroatoms. The van der Waals surface area contributed by atoms with Gasteiger partial charge < -0.3 is 10.6 Å². The van der Waals surface area contributed by atoms with E-state index in [1.165, 1.54) is 18.2 Å². The van der Waals surface area contributed by atoms with Gasteiger partial charge in [-0.25, -0.2) is 4.79 Å². The summed E-state index contributed by atoms with van der Waals surface area (Å²) in [6.45, 7) is 1.72. The Labute approximate surface area is 212 Å². The number of fused-ring (bicyclic) bond motifs is 1. The molecule has 0 radical (unpaired) electrons. The first-order valence-electron chi connectivity index (χ1n) is 10.6. The monoisotopic (exact) mass is 540 g/mol. The quantitative estimate of drug-likeness (QED) is 0.179. The Morgan fingerprint density at radius 2 is 1.38 bits per heavy atom. The summed E-state index contributed by atoms with van der Waals surface area (Å²) in [6.07, 6.45) is 0. The first-order valence-corrected chi connectivity index (χ1v) is 13.5. The van der Waals surface area contributed by atoms with Gasteiger partial charge in [-0.3, -0.25) is 9.11 Å². The number of anilines is 2. The first kappa shape index (κ1) is 25.9. The first-order chi connectivity index (χ1) is 17.4. The molecule has 11 nitrogen and oxygen atoms in total. The molecule has 0 heterocycles. The molecule has 4 aromatic carbocycles. The number of nitrogens with zero attached hydrogens (tertiary/aromatic N) is 2. The number of carbonyl (C=O) groups is 1. The van der Waals surface area contributed by atoms with Gasteiger partial charge in [0.15, 0.2) is 0 Å². The minimum Gasteiger partial charge on any atom is -0.308 e. The summed E-state index contributed by atoms with van der Waals surface area (Å²) in [5.41, 5.74) is 2.03. The molecule has 190 valence electrons. The maximum Gasteiger partial charge on any atom is 0.323 e. The second-order valence-electron chi connectivity index (χ2n) is 7.89. The number of hydrogen-bond donors (Lipinski definition) is 4. The van der Waals surface area contributed by atoms with Crippen molar-refractivity contribution in [2.75, 3.05) is 10.6 Å². The van der Waals surface area contributed by atoms with Crippen LogP contribution in [0.5, 0.6) is 0 Å². The van der Waals surface area contributed by atoms with E-state index in [-0.39, 0.29) is 16.5 Å². The van der Waals surface area contributed by atoms with Crippen molar-refractivity contribution in [2.24, 2.45) is 10.2 Å². The Hall–Kier alpha value is -4.17. The van der Waals surface area contributed by atoms with Gasteiger partial charge in [-0.05, 0) is 61.0 Å². The van der Waals surface area contributed by atoms with E-state index in [4.69, 9.17) is 0 Å². The molecule has 0 aromatic heterocycles. The summed E-state index contributed by atoms with van der Waals surface area (Å²) >= 11 is 0. The second kappa shape index (κ2) is 10.1. The van der Waals surface area contributed by atoms with Gasteiger partial charge in [0.1, 0.15) is 9.79 Å². The summed E-state index contributed by atoms with van der Waals surface area (Å²) in [7, 11) is -9.47. The van der Waals surface area contributed by atoms with Crippen LogP contribution in [-0.2, 0) is 20.2 Å². The second-order valence-corrected chi connectivity index (χ2v) is 10.7. The van der Waals surface area contributed by atoms with Crippen LogP contribution in [0.3, 0.4) is 0 Å². The van der Waals surface area contributed by atoms with Crippen LogP contribution in [0.2, 0.25) is 0 Å². The Morgan fingerprint density at radius 1 is 0.703 bits per heavy atom. The number of carbonyl (C=O) groups excluding carboxylic acids is 1. The Kier molecular flexibility index (Phi) is 7.05. The predicted octanol–water partition coefficient (Wildman–Crippen LogP) is 5.70. The lowest BCUT2D eigenvalue weighted by molar-refractivity contribution is 0.262. The number of aryl methyl sites for hydroxylation is 1. The molecule has 0 bridgehead atoms. The minimum absolute atomic E-state index is 0.0833. The highest BCUT2D eigenvalue weighted by atomic mass is 32.2. The molecule has 4 N–H and O–H groups in total. The molecular weight excluding hydrogens is 520 g/mol. The van der Waals surface area contributed by atoms with E-state index in [0.29, 0.717) is 22.6 Å². The smallest absolute Gasteiger partial charge is 0.308 e. The predicted molar refractivity (Wildman–Crippen MR) is 138 cm³/mol. The van der Waals surface area contributed by atoms with Gasteiger partial charge in [0, 0.05) is 22.1 Å². The summed E-state index contributed by atoms with van der Waals surface area (Å²) in [4.78, 5) is 11.1. The van der Waals surface area contributed by atoms with Gasteiger partial charge in [-0.2, -0.15) is 27.1 Å². The van der Waals surface area contributed by atoms with Crippen molar-refractivity contribution in [3.63, 3.8) is 0 Å². The summed E-state index contributed by atoms with van der Waals surface area (Å²) in [5, 5.41) is 13.2. The van der Waals surface area contributed by atoms with Gasteiger partial charge in [0.05, 0.1) is 11.4 Å². The van der Waals surface area contributed by atoms with E-state index in [1.54, 1.807) is 49.4 Å². The van der Waals surface area contributed by atoms with Gasteiger partial charge >= 0.3 is 6.03 Å². The minimum atomic E-state index is -4.77. The van der Waals surface area contributed by atoms with Gasteiger partial charge in [-0.15, -0.1) is 0 Å². The van der Waals surface area contributed by atoms with E-state index < -0.39 is 36.1 Å². The fraction of sp³-hybridized carbons (Fsp3) is 0.0417. The van der Waals surface area contributed by atoms with Crippen LogP contribution in [0.4, 0.5) is 27.5 Å². The normalized spacial score (nSPS) is 12.1. The zero-order valence-electron chi connectivity index (χ0n) is 19.2. The SMILES string of the molecule is Cc1cc(NC(=O)Nc2ccccc2)ccc1/N=N/c1cc(S(=O)(=O)O)c2cccc(S(=O)(=O)O)c2c1. The average Bonchev–Trinajstić information content (AvgIpc) is 2.82. The number of benzene rings is 4. The molecule has 0 fully saturated rings. The molecule has 0 aliphatic carbocycles. The molecule has 0 saturated heterocycles. The maximum atomic E-state index is 12.2. The molecule has 0 saturated carbocycles. The van der Waals surface area contributed by atoms with Crippen molar-refractivity contribution in [2.45, 2.75) is 16.7 Å². The molecule has 37 heavy (non-hydrogen) atoms. The Morgan fingerprint density at radius 3 is 2.03 bits per heavy atom. The van der Waals surface area contributed by atoms with E-state index in [9.17, 15) is 30.7 Å². The number of urea groups is 1. The number of rotatable bonds is 6. The number of nitrogens with one attached hydrogen (secondary N) is 2. The fourth-order valence-corrected chi connectivity index (χ4v) is 5.00. The van der Waals surface area contributed by atoms with Gasteiger partial charge in [-0.1, -0.05) is 30.3 Å². The molecule has 0 unspecified atom stereocenters. The third-order valence-corrected chi connectivity index (χ3v) is 7.02. The van der Waals surface area contributed by atoms with E-state index in [0.717, 1.165) is 12.1 Å². The summed E-state index contributed by atoms with van der Waals surface area (Å²) in [6, 6.07) is 19.2. The standard InChI is InChI=1S/C24H20N4O7S2/c1-15-12-17(26-24(29)25-16-6-3-2-4-7-16)10-11-21(15)28-27-18-13-20-19(23(14-18)37(33,34)35)8-5-9-22(20)36(30,31)32/h2-14H,1H3,(H2,25,26,29)(H,30,31,32)(H,33,34,35)/b28-27+. The van der Waals surface area contributed by atoms with Crippen molar-refractivity contribution in [3.8, 4) is 0 Å². The zero-order chi connectivity index (χ0) is 26.8. The lowest BCUT2D eigenvalue weighted by atomic mass is 10.1. The van der Waals surface area contributed by atoms with Crippen LogP contribution >= 0.6 is 0 Å². The number of azo groups is 1. The highest BCUT2D eigenvalue weighted by Gasteiger charge is 2.21. The average molecular weight is 541 g/mol. The van der Waals surface area contributed by atoms with Crippen LogP contribution in [0.1, 0.15) is 5.56 Å². The molecule has 2 amide bonds. The lowest BCUT2D eigenvalue weighted by Crippen LogP contribution is -2.19.